The highest BCUT2D eigenvalue weighted by atomic mass is 16.5. The summed E-state index contributed by atoms with van der Waals surface area (Å²) < 4.78 is 11.3. The second kappa shape index (κ2) is 5.05. The van der Waals surface area contributed by atoms with Gasteiger partial charge in [-0.3, -0.25) is 0 Å². The SMILES string of the molecule is CC1CCC(c2nnc(-c3cccc(C(=O)O)c3)o2)O1. The first-order valence-corrected chi connectivity index (χ1v) is 6.46. The summed E-state index contributed by atoms with van der Waals surface area (Å²) in [7, 11) is 0. The van der Waals surface area contributed by atoms with E-state index in [9.17, 15) is 4.79 Å². The smallest absolute Gasteiger partial charge is 0.335 e. The number of rotatable bonds is 3. The Labute approximate surface area is 115 Å². The number of nitrogens with zero attached hydrogens (tertiary/aromatic N) is 2. The first-order valence-electron chi connectivity index (χ1n) is 6.46. The zero-order chi connectivity index (χ0) is 14.1. The van der Waals surface area contributed by atoms with Crippen LogP contribution < -0.4 is 0 Å². The molecule has 1 fully saturated rings. The zero-order valence-electron chi connectivity index (χ0n) is 10.9. The third-order valence-electron chi connectivity index (χ3n) is 3.30. The molecule has 0 bridgehead atoms. The maximum Gasteiger partial charge on any atom is 0.335 e. The molecule has 20 heavy (non-hydrogen) atoms. The summed E-state index contributed by atoms with van der Waals surface area (Å²) in [5.41, 5.74) is 0.780. The Kier molecular flexibility index (Phi) is 3.23. The summed E-state index contributed by atoms with van der Waals surface area (Å²) in [5.74, 6) is -0.226. The maximum absolute atomic E-state index is 10.9. The number of carboxylic acids is 1. The van der Waals surface area contributed by atoms with E-state index < -0.39 is 5.97 Å². The molecule has 104 valence electrons. The van der Waals surface area contributed by atoms with Gasteiger partial charge in [-0.25, -0.2) is 4.79 Å². The molecule has 0 aliphatic carbocycles. The molecule has 1 saturated heterocycles. The largest absolute Gasteiger partial charge is 0.478 e. The quantitative estimate of drug-likeness (QED) is 0.926. The van der Waals surface area contributed by atoms with Crippen molar-refractivity contribution in [2.75, 3.05) is 0 Å². The Morgan fingerprint density at radius 3 is 2.90 bits per heavy atom. The van der Waals surface area contributed by atoms with Crippen LogP contribution >= 0.6 is 0 Å². The zero-order valence-corrected chi connectivity index (χ0v) is 10.9. The Morgan fingerprint density at radius 1 is 1.35 bits per heavy atom. The third kappa shape index (κ3) is 2.42. The number of hydrogen-bond donors (Lipinski definition) is 1. The van der Waals surface area contributed by atoms with Gasteiger partial charge in [0.15, 0.2) is 0 Å². The molecule has 6 nitrogen and oxygen atoms in total. The van der Waals surface area contributed by atoms with Crippen molar-refractivity contribution in [1.82, 2.24) is 10.2 Å². The van der Waals surface area contributed by atoms with Crippen molar-refractivity contribution in [1.29, 1.82) is 0 Å². The van der Waals surface area contributed by atoms with Gasteiger partial charge in [-0.2, -0.15) is 0 Å². The minimum Gasteiger partial charge on any atom is -0.478 e. The van der Waals surface area contributed by atoms with Gasteiger partial charge in [0.25, 0.3) is 0 Å². The van der Waals surface area contributed by atoms with Gasteiger partial charge in [-0.15, -0.1) is 10.2 Å². The van der Waals surface area contributed by atoms with E-state index in [1.54, 1.807) is 12.1 Å². The van der Waals surface area contributed by atoms with Crippen LogP contribution in [0.4, 0.5) is 0 Å². The van der Waals surface area contributed by atoms with Crippen molar-refractivity contribution in [3.8, 4) is 11.5 Å². The molecule has 3 rings (SSSR count). The van der Waals surface area contributed by atoms with E-state index in [0.29, 0.717) is 17.3 Å². The Balaban J connectivity index is 1.86. The van der Waals surface area contributed by atoms with Crippen LogP contribution in [0.15, 0.2) is 28.7 Å². The average Bonchev–Trinajstić information content (AvgIpc) is 3.07. The molecule has 1 aliphatic heterocycles. The van der Waals surface area contributed by atoms with E-state index >= 15 is 0 Å². The first kappa shape index (κ1) is 12.8. The van der Waals surface area contributed by atoms with Crippen molar-refractivity contribution >= 4 is 5.97 Å². The standard InChI is InChI=1S/C14H14N2O4/c1-8-5-6-11(19-8)13-16-15-12(20-13)9-3-2-4-10(7-9)14(17)18/h2-4,7-8,11H,5-6H2,1H3,(H,17,18). The number of carbonyl (C=O) groups is 1. The molecule has 1 N–H and O–H groups in total. The second-order valence-corrected chi connectivity index (χ2v) is 4.84. The van der Waals surface area contributed by atoms with Gasteiger partial charge in [0.2, 0.25) is 11.8 Å². The van der Waals surface area contributed by atoms with E-state index in [1.807, 2.05) is 6.92 Å². The van der Waals surface area contributed by atoms with Crippen LogP contribution in [0.25, 0.3) is 11.5 Å². The van der Waals surface area contributed by atoms with Gasteiger partial charge in [0.1, 0.15) is 6.10 Å². The van der Waals surface area contributed by atoms with Crippen molar-refractivity contribution in [3.63, 3.8) is 0 Å². The van der Waals surface area contributed by atoms with Crippen molar-refractivity contribution in [3.05, 3.63) is 35.7 Å². The molecular weight excluding hydrogens is 260 g/mol. The molecule has 1 aromatic heterocycles. The topological polar surface area (TPSA) is 85.5 Å². The molecule has 1 aromatic carbocycles. The lowest BCUT2D eigenvalue weighted by atomic mass is 10.1. The summed E-state index contributed by atoms with van der Waals surface area (Å²) in [4.78, 5) is 10.9. The lowest BCUT2D eigenvalue weighted by molar-refractivity contribution is 0.0393. The number of carboxylic acid groups (broad SMARTS) is 1. The number of ether oxygens (including phenoxy) is 1. The van der Waals surface area contributed by atoms with Crippen LogP contribution in [-0.4, -0.2) is 27.4 Å². The molecule has 0 radical (unpaired) electrons. The Bertz CT molecular complexity index is 638. The van der Waals surface area contributed by atoms with Gasteiger partial charge in [0.05, 0.1) is 11.7 Å². The second-order valence-electron chi connectivity index (χ2n) is 4.84. The summed E-state index contributed by atoms with van der Waals surface area (Å²) in [6, 6.07) is 6.42. The molecular formula is C14H14N2O4. The fraction of sp³-hybridized carbons (Fsp3) is 0.357. The lowest BCUT2D eigenvalue weighted by Gasteiger charge is -2.05. The summed E-state index contributed by atoms with van der Waals surface area (Å²) >= 11 is 0. The number of aromatic nitrogens is 2. The van der Waals surface area contributed by atoms with Crippen molar-refractivity contribution < 1.29 is 19.1 Å². The summed E-state index contributed by atoms with van der Waals surface area (Å²) in [6.07, 6.45) is 1.87. The van der Waals surface area contributed by atoms with Gasteiger partial charge >= 0.3 is 5.97 Å². The summed E-state index contributed by atoms with van der Waals surface area (Å²) in [5, 5.41) is 16.9. The minimum atomic E-state index is -0.987. The number of aromatic carboxylic acids is 1. The third-order valence-corrected chi connectivity index (χ3v) is 3.30. The number of benzene rings is 1. The van der Waals surface area contributed by atoms with Crippen LogP contribution in [0, 0.1) is 0 Å². The molecule has 0 spiro atoms. The van der Waals surface area contributed by atoms with Crippen LogP contribution in [0.1, 0.15) is 42.1 Å². The van der Waals surface area contributed by atoms with Crippen LogP contribution in [0.3, 0.4) is 0 Å². The molecule has 0 saturated carbocycles. The van der Waals surface area contributed by atoms with Gasteiger partial charge in [-0.1, -0.05) is 6.07 Å². The Hall–Kier alpha value is -2.21. The van der Waals surface area contributed by atoms with Crippen molar-refractivity contribution in [2.45, 2.75) is 32.0 Å². The number of hydrogen-bond acceptors (Lipinski definition) is 5. The van der Waals surface area contributed by atoms with E-state index in [2.05, 4.69) is 10.2 Å². The van der Waals surface area contributed by atoms with Crippen LogP contribution in [-0.2, 0) is 4.74 Å². The molecule has 6 heteroatoms. The predicted octanol–water partition coefficient (Wildman–Crippen LogP) is 2.67. The van der Waals surface area contributed by atoms with Gasteiger partial charge in [0, 0.05) is 5.56 Å². The fourth-order valence-corrected chi connectivity index (χ4v) is 2.25. The fourth-order valence-electron chi connectivity index (χ4n) is 2.25. The normalized spacial score (nSPS) is 22.1. The monoisotopic (exact) mass is 274 g/mol. The Morgan fingerprint density at radius 2 is 2.20 bits per heavy atom. The summed E-state index contributed by atoms with van der Waals surface area (Å²) in [6.45, 7) is 2.01. The highest BCUT2D eigenvalue weighted by molar-refractivity contribution is 5.88. The van der Waals surface area contributed by atoms with E-state index in [0.717, 1.165) is 12.8 Å². The lowest BCUT2D eigenvalue weighted by Crippen LogP contribution is -2.01. The van der Waals surface area contributed by atoms with E-state index in [-0.39, 0.29) is 17.8 Å². The van der Waals surface area contributed by atoms with E-state index in [4.69, 9.17) is 14.3 Å². The molecule has 1 aliphatic rings. The highest BCUT2D eigenvalue weighted by Gasteiger charge is 2.28. The van der Waals surface area contributed by atoms with Gasteiger partial charge in [-0.05, 0) is 38.0 Å². The molecule has 2 aromatic rings. The molecule has 2 heterocycles. The highest BCUT2D eigenvalue weighted by Crippen LogP contribution is 2.32. The van der Waals surface area contributed by atoms with Gasteiger partial charge < -0.3 is 14.3 Å². The molecule has 0 amide bonds. The van der Waals surface area contributed by atoms with E-state index in [1.165, 1.54) is 12.1 Å². The minimum absolute atomic E-state index is 0.158. The van der Waals surface area contributed by atoms with Crippen molar-refractivity contribution in [2.24, 2.45) is 0 Å². The first-order chi connectivity index (χ1) is 9.63. The average molecular weight is 274 g/mol. The molecule has 2 unspecified atom stereocenters. The molecule has 2 atom stereocenters. The maximum atomic E-state index is 10.9. The van der Waals surface area contributed by atoms with Crippen LogP contribution in [0.2, 0.25) is 0 Å². The predicted molar refractivity (Wildman–Crippen MR) is 69.2 cm³/mol. The van der Waals surface area contributed by atoms with Crippen LogP contribution in [0.5, 0.6) is 0 Å².